The van der Waals surface area contributed by atoms with Gasteiger partial charge in [-0.15, -0.1) is 0 Å². The van der Waals surface area contributed by atoms with Gasteiger partial charge in [-0.25, -0.2) is 0 Å². The number of aliphatic carboxylic acids is 1. The summed E-state index contributed by atoms with van der Waals surface area (Å²) in [6.07, 6.45) is -0.310. The van der Waals surface area contributed by atoms with Crippen LogP contribution in [-0.2, 0) is 9.59 Å². The molecule has 0 bridgehead atoms. The maximum absolute atomic E-state index is 11.4. The zero-order valence-corrected chi connectivity index (χ0v) is 7.99. The van der Waals surface area contributed by atoms with Gasteiger partial charge < -0.3 is 15.7 Å². The number of amides is 1. The van der Waals surface area contributed by atoms with Gasteiger partial charge in [-0.2, -0.15) is 0 Å². The molecule has 0 heterocycles. The van der Waals surface area contributed by atoms with Crippen LogP contribution < -0.4 is 5.73 Å². The molecule has 0 aromatic rings. The second kappa shape index (κ2) is 5.53. The highest BCUT2D eigenvalue weighted by molar-refractivity contribution is 5.85. The molecule has 13 heavy (non-hydrogen) atoms. The van der Waals surface area contributed by atoms with E-state index in [2.05, 4.69) is 0 Å². The molecule has 0 saturated carbocycles. The third kappa shape index (κ3) is 3.89. The summed E-state index contributed by atoms with van der Waals surface area (Å²) in [6.45, 7) is 4.77. The van der Waals surface area contributed by atoms with Gasteiger partial charge in [-0.1, -0.05) is 0 Å². The molecule has 0 aliphatic rings. The minimum Gasteiger partial charge on any atom is -0.481 e. The zero-order chi connectivity index (χ0) is 10.4. The highest BCUT2D eigenvalue weighted by Crippen LogP contribution is 1.96. The Hall–Kier alpha value is -1.10. The highest BCUT2D eigenvalue weighted by Gasteiger charge is 2.20. The maximum Gasteiger partial charge on any atom is 0.305 e. The molecule has 0 aliphatic carbocycles. The first-order valence-electron chi connectivity index (χ1n) is 4.29. The molecule has 0 aromatic carbocycles. The van der Waals surface area contributed by atoms with Crippen molar-refractivity contribution in [2.75, 3.05) is 13.1 Å². The smallest absolute Gasteiger partial charge is 0.305 e. The molecule has 0 aromatic heterocycles. The number of nitrogens with two attached hydrogens (primary N) is 1. The van der Waals surface area contributed by atoms with Crippen molar-refractivity contribution in [3.05, 3.63) is 0 Å². The third-order valence-corrected chi connectivity index (χ3v) is 1.79. The summed E-state index contributed by atoms with van der Waals surface area (Å²) < 4.78 is 0. The standard InChI is InChI=1S/C8H16N2O3/c1-3-10(4-2)8(13)6(9)5-7(11)12/h6H,3-5,9H2,1-2H3,(H,11,12). The fourth-order valence-corrected chi connectivity index (χ4v) is 1.05. The van der Waals surface area contributed by atoms with Crippen LogP contribution in [0.2, 0.25) is 0 Å². The van der Waals surface area contributed by atoms with E-state index in [0.717, 1.165) is 0 Å². The first-order chi connectivity index (χ1) is 6.02. The molecule has 0 saturated heterocycles. The average molecular weight is 188 g/mol. The van der Waals surface area contributed by atoms with Crippen LogP contribution in [0, 0.1) is 0 Å². The maximum atomic E-state index is 11.4. The van der Waals surface area contributed by atoms with Crippen molar-refractivity contribution in [2.45, 2.75) is 26.3 Å². The van der Waals surface area contributed by atoms with Gasteiger partial charge in [-0.3, -0.25) is 9.59 Å². The first-order valence-corrected chi connectivity index (χ1v) is 4.29. The molecule has 3 N–H and O–H groups in total. The van der Waals surface area contributed by atoms with Crippen LogP contribution in [0.4, 0.5) is 0 Å². The monoisotopic (exact) mass is 188 g/mol. The van der Waals surface area contributed by atoms with Crippen molar-refractivity contribution in [2.24, 2.45) is 5.73 Å². The minimum absolute atomic E-state index is 0.299. The molecule has 5 nitrogen and oxygen atoms in total. The van der Waals surface area contributed by atoms with Gasteiger partial charge in [0.05, 0.1) is 12.5 Å². The Kier molecular flexibility index (Phi) is 5.06. The van der Waals surface area contributed by atoms with Gasteiger partial charge in [0.2, 0.25) is 5.91 Å². The SMILES string of the molecule is CCN(CC)C(=O)C(N)CC(=O)O. The predicted octanol–water partition coefficient (Wildman–Crippen LogP) is -0.343. The summed E-state index contributed by atoms with van der Waals surface area (Å²) in [7, 11) is 0. The van der Waals surface area contributed by atoms with E-state index in [-0.39, 0.29) is 12.3 Å². The number of nitrogens with zero attached hydrogens (tertiary/aromatic N) is 1. The van der Waals surface area contributed by atoms with E-state index in [4.69, 9.17) is 10.8 Å². The summed E-state index contributed by atoms with van der Waals surface area (Å²) in [4.78, 5) is 23.2. The molecule has 0 radical (unpaired) electrons. The normalized spacial score (nSPS) is 12.2. The highest BCUT2D eigenvalue weighted by atomic mass is 16.4. The Morgan fingerprint density at radius 1 is 1.38 bits per heavy atom. The number of carbonyl (C=O) groups is 2. The molecule has 0 rings (SSSR count). The van der Waals surface area contributed by atoms with Crippen molar-refractivity contribution in [3.8, 4) is 0 Å². The van der Waals surface area contributed by atoms with Crippen LogP contribution in [-0.4, -0.2) is 41.0 Å². The van der Waals surface area contributed by atoms with E-state index < -0.39 is 12.0 Å². The molecular weight excluding hydrogens is 172 g/mol. The van der Waals surface area contributed by atoms with Gasteiger partial charge in [0.25, 0.3) is 0 Å². The summed E-state index contributed by atoms with van der Waals surface area (Å²) >= 11 is 0. The average Bonchev–Trinajstić information content (AvgIpc) is 2.05. The number of likely N-dealkylation sites (N-methyl/N-ethyl adjacent to an activating group) is 1. The van der Waals surface area contributed by atoms with Gasteiger partial charge in [0.1, 0.15) is 0 Å². The van der Waals surface area contributed by atoms with Crippen LogP contribution in [0.3, 0.4) is 0 Å². The quantitative estimate of drug-likeness (QED) is 0.618. The molecule has 1 amide bonds. The molecule has 5 heteroatoms. The lowest BCUT2D eigenvalue weighted by Crippen LogP contribution is -2.44. The Balaban J connectivity index is 4.14. The van der Waals surface area contributed by atoms with E-state index in [1.54, 1.807) is 0 Å². The Labute approximate surface area is 77.5 Å². The van der Waals surface area contributed by atoms with Crippen molar-refractivity contribution < 1.29 is 14.7 Å². The largest absolute Gasteiger partial charge is 0.481 e. The Morgan fingerprint density at radius 2 is 1.85 bits per heavy atom. The van der Waals surface area contributed by atoms with Crippen LogP contribution >= 0.6 is 0 Å². The van der Waals surface area contributed by atoms with Crippen molar-refractivity contribution in [1.82, 2.24) is 4.90 Å². The van der Waals surface area contributed by atoms with E-state index in [0.29, 0.717) is 13.1 Å². The number of carboxylic acid groups (broad SMARTS) is 1. The van der Waals surface area contributed by atoms with E-state index in [9.17, 15) is 9.59 Å². The molecule has 1 unspecified atom stereocenters. The third-order valence-electron chi connectivity index (χ3n) is 1.79. The second-order valence-corrected chi connectivity index (χ2v) is 2.71. The summed E-state index contributed by atoms with van der Waals surface area (Å²) in [5, 5.41) is 8.41. The molecular formula is C8H16N2O3. The topological polar surface area (TPSA) is 83.6 Å². The predicted molar refractivity (Wildman–Crippen MR) is 48.2 cm³/mol. The summed E-state index contributed by atoms with van der Waals surface area (Å²) in [5.41, 5.74) is 5.40. The summed E-state index contributed by atoms with van der Waals surface area (Å²) in [5.74, 6) is -1.35. The molecule has 1 atom stereocenters. The lowest BCUT2D eigenvalue weighted by Gasteiger charge is -2.21. The number of rotatable bonds is 5. The Morgan fingerprint density at radius 3 is 2.15 bits per heavy atom. The molecule has 76 valence electrons. The van der Waals surface area contributed by atoms with E-state index >= 15 is 0 Å². The lowest BCUT2D eigenvalue weighted by molar-refractivity contribution is -0.141. The van der Waals surface area contributed by atoms with Gasteiger partial charge in [0, 0.05) is 13.1 Å². The minimum atomic E-state index is -1.05. The van der Waals surface area contributed by atoms with Gasteiger partial charge in [-0.05, 0) is 13.8 Å². The zero-order valence-electron chi connectivity index (χ0n) is 7.99. The van der Waals surface area contributed by atoms with Crippen LogP contribution in [0.25, 0.3) is 0 Å². The molecule has 0 aliphatic heterocycles. The number of hydrogen-bond acceptors (Lipinski definition) is 3. The van der Waals surface area contributed by atoms with E-state index in [1.807, 2.05) is 13.8 Å². The molecule has 0 spiro atoms. The van der Waals surface area contributed by atoms with Crippen molar-refractivity contribution in [1.29, 1.82) is 0 Å². The number of hydrogen-bond donors (Lipinski definition) is 2. The summed E-state index contributed by atoms with van der Waals surface area (Å²) in [6, 6.07) is -0.919. The van der Waals surface area contributed by atoms with E-state index in [1.165, 1.54) is 4.90 Å². The van der Waals surface area contributed by atoms with Crippen molar-refractivity contribution >= 4 is 11.9 Å². The van der Waals surface area contributed by atoms with Gasteiger partial charge >= 0.3 is 5.97 Å². The fourth-order valence-electron chi connectivity index (χ4n) is 1.05. The lowest BCUT2D eigenvalue weighted by atomic mass is 10.2. The van der Waals surface area contributed by atoms with Crippen LogP contribution in [0.15, 0.2) is 0 Å². The number of carbonyl (C=O) groups excluding carboxylic acids is 1. The van der Waals surface area contributed by atoms with Crippen LogP contribution in [0.5, 0.6) is 0 Å². The second-order valence-electron chi connectivity index (χ2n) is 2.71. The fraction of sp³-hybridized carbons (Fsp3) is 0.750. The Bertz CT molecular complexity index is 190. The number of carboxylic acids is 1. The van der Waals surface area contributed by atoms with Crippen LogP contribution in [0.1, 0.15) is 20.3 Å². The van der Waals surface area contributed by atoms with Crippen molar-refractivity contribution in [3.63, 3.8) is 0 Å². The van der Waals surface area contributed by atoms with Gasteiger partial charge in [0.15, 0.2) is 0 Å². The molecule has 0 fully saturated rings. The first kappa shape index (κ1) is 11.9.